The van der Waals surface area contributed by atoms with Gasteiger partial charge in [-0.15, -0.1) is 0 Å². The van der Waals surface area contributed by atoms with Crippen LogP contribution in [0.15, 0.2) is 82.6 Å². The van der Waals surface area contributed by atoms with Gasteiger partial charge in [-0.05, 0) is 39.7 Å². The topological polar surface area (TPSA) is 9.23 Å². The third-order valence-electron chi connectivity index (χ3n) is 4.09. The van der Waals surface area contributed by atoms with Crippen LogP contribution in [0.1, 0.15) is 0 Å². The van der Waals surface area contributed by atoms with Crippen molar-refractivity contribution in [2.24, 2.45) is 0 Å². The predicted octanol–water partition coefficient (Wildman–Crippen LogP) is 6.25. The highest BCUT2D eigenvalue weighted by Gasteiger charge is 2.20. The molecule has 4 aromatic rings. The third-order valence-corrected chi connectivity index (χ3v) is 5.25. The molecule has 0 aliphatic carbocycles. The number of hydrogen-bond donors (Lipinski definition) is 0. The van der Waals surface area contributed by atoms with Crippen molar-refractivity contribution in [1.29, 1.82) is 0 Å². The van der Waals surface area contributed by atoms with Crippen LogP contribution in [0.2, 0.25) is 0 Å². The largest absolute Gasteiger partial charge is 0.455 e. The van der Waals surface area contributed by atoms with Gasteiger partial charge in [-0.25, -0.2) is 0 Å². The Balaban J connectivity index is 1.75. The van der Waals surface area contributed by atoms with Gasteiger partial charge in [0.15, 0.2) is 0 Å². The lowest BCUT2D eigenvalue weighted by Crippen LogP contribution is -1.96. The molecular weight excluding hydrogens is 288 g/mol. The molecule has 0 spiro atoms. The van der Waals surface area contributed by atoms with Gasteiger partial charge in [-0.2, -0.15) is 0 Å². The fourth-order valence-corrected chi connectivity index (χ4v) is 4.11. The summed E-state index contributed by atoms with van der Waals surface area (Å²) in [5.41, 5.74) is 0. The van der Waals surface area contributed by atoms with Gasteiger partial charge in [0, 0.05) is 0 Å². The molecule has 4 aromatic carbocycles. The third kappa shape index (κ3) is 1.74. The maximum Gasteiger partial charge on any atom is 0.142 e. The van der Waals surface area contributed by atoms with Crippen LogP contribution in [-0.2, 0) is 0 Å². The summed E-state index contributed by atoms with van der Waals surface area (Å²) in [7, 11) is 0. The molecule has 0 unspecified atom stereocenters. The Kier molecular flexibility index (Phi) is 2.49. The first kappa shape index (κ1) is 12.1. The summed E-state index contributed by atoms with van der Waals surface area (Å²) in [6.45, 7) is 0. The lowest BCUT2D eigenvalue weighted by atomic mass is 10.1. The molecule has 5 rings (SSSR count). The second kappa shape index (κ2) is 4.52. The number of hydrogen-bond acceptors (Lipinski definition) is 2. The second-order valence-electron chi connectivity index (χ2n) is 5.46. The molecule has 0 atom stereocenters. The molecule has 0 amide bonds. The van der Waals surface area contributed by atoms with Crippen LogP contribution in [0.3, 0.4) is 0 Å². The van der Waals surface area contributed by atoms with Crippen molar-refractivity contribution in [2.75, 3.05) is 0 Å². The highest BCUT2D eigenvalue weighted by atomic mass is 32.2. The molecule has 0 saturated carbocycles. The zero-order valence-electron chi connectivity index (χ0n) is 11.7. The number of fused-ring (bicyclic) bond motifs is 5. The first-order valence-electron chi connectivity index (χ1n) is 7.29. The van der Waals surface area contributed by atoms with Crippen LogP contribution in [0, 0.1) is 0 Å². The van der Waals surface area contributed by atoms with Gasteiger partial charge in [-0.3, -0.25) is 0 Å². The smallest absolute Gasteiger partial charge is 0.142 e. The van der Waals surface area contributed by atoms with Crippen molar-refractivity contribution in [1.82, 2.24) is 0 Å². The van der Waals surface area contributed by atoms with Gasteiger partial charge in [-0.1, -0.05) is 66.4 Å². The van der Waals surface area contributed by atoms with E-state index in [1.165, 1.54) is 31.3 Å². The standard InChI is InChI=1S/C20H12OS/c1-2-7-15-12-19-18(11-14(15)6-1)21-17-10-9-13-5-3-4-8-16(13)20(17)22-19/h1-12H. The number of ether oxygens (including phenoxy) is 1. The minimum atomic E-state index is 0.950. The molecule has 0 bridgehead atoms. The fraction of sp³-hybridized carbons (Fsp3) is 0. The van der Waals surface area contributed by atoms with E-state index in [1.807, 2.05) is 0 Å². The molecule has 0 radical (unpaired) electrons. The number of benzene rings is 4. The van der Waals surface area contributed by atoms with Crippen molar-refractivity contribution in [3.63, 3.8) is 0 Å². The molecular formula is C20H12OS. The monoisotopic (exact) mass is 300 g/mol. The molecule has 0 N–H and O–H groups in total. The Morgan fingerprint density at radius 2 is 1.36 bits per heavy atom. The van der Waals surface area contributed by atoms with E-state index in [0.29, 0.717) is 0 Å². The first-order valence-corrected chi connectivity index (χ1v) is 8.10. The normalized spacial score (nSPS) is 12.7. The quantitative estimate of drug-likeness (QED) is 0.334. The molecule has 1 nitrogen and oxygen atoms in total. The van der Waals surface area contributed by atoms with E-state index in [2.05, 4.69) is 72.8 Å². The van der Waals surface area contributed by atoms with Crippen molar-refractivity contribution in [2.45, 2.75) is 9.79 Å². The average molecular weight is 300 g/mol. The minimum Gasteiger partial charge on any atom is -0.455 e. The SMILES string of the molecule is c1ccc2cc3c(cc2c1)Oc1ccc2ccccc2c1S3. The summed E-state index contributed by atoms with van der Waals surface area (Å²) < 4.78 is 6.17. The maximum atomic E-state index is 6.17. The summed E-state index contributed by atoms with van der Waals surface area (Å²) in [4.78, 5) is 2.39. The van der Waals surface area contributed by atoms with Gasteiger partial charge < -0.3 is 4.74 Å². The Morgan fingerprint density at radius 1 is 0.636 bits per heavy atom. The summed E-state index contributed by atoms with van der Waals surface area (Å²) >= 11 is 1.80. The summed E-state index contributed by atoms with van der Waals surface area (Å²) in [6.07, 6.45) is 0. The highest BCUT2D eigenvalue weighted by Crippen LogP contribution is 2.50. The van der Waals surface area contributed by atoms with Gasteiger partial charge in [0.2, 0.25) is 0 Å². The molecule has 1 heterocycles. The molecule has 2 heteroatoms. The molecule has 22 heavy (non-hydrogen) atoms. The Hall–Kier alpha value is -2.45. The van der Waals surface area contributed by atoms with Gasteiger partial charge in [0.1, 0.15) is 11.5 Å². The maximum absolute atomic E-state index is 6.17. The van der Waals surface area contributed by atoms with Crippen molar-refractivity contribution >= 4 is 33.3 Å². The van der Waals surface area contributed by atoms with Gasteiger partial charge in [0.05, 0.1) is 9.79 Å². The predicted molar refractivity (Wildman–Crippen MR) is 92.1 cm³/mol. The molecule has 0 aromatic heterocycles. The summed E-state index contributed by atoms with van der Waals surface area (Å²) in [6, 6.07) is 25.4. The van der Waals surface area contributed by atoms with Crippen LogP contribution >= 0.6 is 11.8 Å². The van der Waals surface area contributed by atoms with Crippen molar-refractivity contribution in [3.05, 3.63) is 72.8 Å². The Morgan fingerprint density at radius 3 is 2.23 bits per heavy atom. The molecule has 1 aliphatic heterocycles. The zero-order chi connectivity index (χ0) is 14.5. The lowest BCUT2D eigenvalue weighted by molar-refractivity contribution is 0.457. The Labute approximate surface area is 132 Å². The van der Waals surface area contributed by atoms with E-state index in [0.717, 1.165) is 11.5 Å². The Bertz CT molecular complexity index is 1030. The van der Waals surface area contributed by atoms with E-state index in [4.69, 9.17) is 4.74 Å². The second-order valence-corrected chi connectivity index (χ2v) is 6.52. The van der Waals surface area contributed by atoms with Crippen molar-refractivity contribution < 1.29 is 4.74 Å². The first-order chi connectivity index (χ1) is 10.9. The van der Waals surface area contributed by atoms with Crippen LogP contribution in [0.5, 0.6) is 11.5 Å². The van der Waals surface area contributed by atoms with Crippen LogP contribution in [0.4, 0.5) is 0 Å². The number of rotatable bonds is 0. The summed E-state index contributed by atoms with van der Waals surface area (Å²) in [5.74, 6) is 1.90. The highest BCUT2D eigenvalue weighted by molar-refractivity contribution is 7.99. The molecule has 0 fully saturated rings. The lowest BCUT2D eigenvalue weighted by Gasteiger charge is -2.21. The zero-order valence-corrected chi connectivity index (χ0v) is 12.6. The van der Waals surface area contributed by atoms with E-state index in [9.17, 15) is 0 Å². The van der Waals surface area contributed by atoms with Gasteiger partial charge >= 0.3 is 0 Å². The minimum absolute atomic E-state index is 0.950. The van der Waals surface area contributed by atoms with Gasteiger partial charge in [0.25, 0.3) is 0 Å². The fourth-order valence-electron chi connectivity index (χ4n) is 3.00. The van der Waals surface area contributed by atoms with Crippen LogP contribution in [0.25, 0.3) is 21.5 Å². The van der Waals surface area contributed by atoms with E-state index < -0.39 is 0 Å². The van der Waals surface area contributed by atoms with E-state index in [-0.39, 0.29) is 0 Å². The van der Waals surface area contributed by atoms with Crippen LogP contribution < -0.4 is 4.74 Å². The van der Waals surface area contributed by atoms with Crippen LogP contribution in [-0.4, -0.2) is 0 Å². The van der Waals surface area contributed by atoms with E-state index in [1.54, 1.807) is 11.8 Å². The van der Waals surface area contributed by atoms with E-state index >= 15 is 0 Å². The average Bonchev–Trinajstić information content (AvgIpc) is 2.58. The molecule has 0 saturated heterocycles. The van der Waals surface area contributed by atoms with Crippen molar-refractivity contribution in [3.8, 4) is 11.5 Å². The molecule has 104 valence electrons. The summed E-state index contributed by atoms with van der Waals surface area (Å²) in [5, 5.41) is 4.97. The molecule has 1 aliphatic rings.